The minimum absolute atomic E-state index is 0.226. The summed E-state index contributed by atoms with van der Waals surface area (Å²) in [6.45, 7) is 1.63. The van der Waals surface area contributed by atoms with Crippen molar-refractivity contribution in [3.05, 3.63) is 122 Å². The van der Waals surface area contributed by atoms with Gasteiger partial charge in [0, 0.05) is 6.42 Å². The fourth-order valence-corrected chi connectivity index (χ4v) is 14.7. The van der Waals surface area contributed by atoms with Crippen LogP contribution in [0.25, 0.3) is 0 Å². The number of nitrogens with one attached hydrogen (secondary N) is 1. The SMILES string of the molecule is CC/C=C\C/C=C\C/C=C\C/C=C\C/C=C\C/C=C\C/C=C\CCCCCCCCCCCCCCCCCC(=O)NC(COC1OC(CO)C(OC2OC(CO)C(OC3OC(CO)C(O)C(O)C3O)C(O)C2O)C(O)C1O)C(O)/C=C/CC/C=C/CC/C=C/CCCCCCCCCCCCCCCCCCCCCCCC. The van der Waals surface area contributed by atoms with E-state index in [1.807, 2.05) is 6.08 Å². The van der Waals surface area contributed by atoms with Crippen LogP contribution in [-0.4, -0.2) is 193 Å². The summed E-state index contributed by atoms with van der Waals surface area (Å²) in [5.74, 6) is -0.290. The number of aliphatic hydroxyl groups excluding tert-OH is 11. The molecule has 17 unspecified atom stereocenters. The molecule has 0 radical (unpaired) electrons. The molecule has 3 fully saturated rings. The van der Waals surface area contributed by atoms with Gasteiger partial charge in [-0.2, -0.15) is 0 Å². The standard InChI is InChI=1S/C95H165NO18/c1-3-5-7-9-11-13-15-17-19-21-23-25-27-29-31-33-35-37-38-39-40-41-43-45-47-49-51-53-55-57-59-61-63-65-67-69-71-73-83(101)96-78(79(100)72-70-68-66-64-62-60-58-56-54-52-50-48-46-44-42-36-34-32-30-28-26-24-22-20-18-16-14-12-10-8-6-4-2)77-109-93-89(107)86(104)91(81(75-98)111-93)114-95-90(108)87(105)92(82(76-99)112-95)113-94-88(106)85(103)84(102)80(74-97)110-94/h5,7,11,13,17,19,23,25,29,31,35,37,39-40,54,56,62,64,70,72,78-82,84-95,97-100,102-108H,3-4,6,8-10,12,14-16,18,20-22,24,26-28,30,32-34,36,38,41-53,55,57-61,63,65-69,71,73-77H2,1-2H3,(H,96,101)/b7-5-,13-11-,19-17-,25-23-,31-29-,37-35-,40-39-,56-54+,64-62+,72-70+. The van der Waals surface area contributed by atoms with Gasteiger partial charge in [-0.25, -0.2) is 0 Å². The quantitative estimate of drug-likeness (QED) is 0.0199. The molecular weight excluding hydrogens is 1440 g/mol. The molecule has 0 aromatic rings. The van der Waals surface area contributed by atoms with Crippen LogP contribution in [0.2, 0.25) is 0 Å². The van der Waals surface area contributed by atoms with E-state index in [0.29, 0.717) is 12.8 Å². The lowest BCUT2D eigenvalue weighted by atomic mass is 9.96. The van der Waals surface area contributed by atoms with Crippen molar-refractivity contribution >= 4 is 5.91 Å². The fourth-order valence-electron chi connectivity index (χ4n) is 14.7. The molecule has 0 spiro atoms. The number of carbonyl (C=O) groups is 1. The summed E-state index contributed by atoms with van der Waals surface area (Å²) in [6, 6.07) is -1.01. The van der Waals surface area contributed by atoms with Gasteiger partial charge >= 0.3 is 0 Å². The van der Waals surface area contributed by atoms with E-state index in [1.165, 1.54) is 205 Å². The molecule has 19 nitrogen and oxygen atoms in total. The number of carbonyl (C=O) groups excluding carboxylic acids is 1. The molecule has 658 valence electrons. The Kier molecular flexibility index (Phi) is 67.0. The van der Waals surface area contributed by atoms with Crippen LogP contribution in [0.4, 0.5) is 0 Å². The molecule has 0 aliphatic carbocycles. The third-order valence-electron chi connectivity index (χ3n) is 22.0. The second kappa shape index (κ2) is 73.1. The molecule has 0 aromatic heterocycles. The van der Waals surface area contributed by atoms with Crippen molar-refractivity contribution in [3.63, 3.8) is 0 Å². The Hall–Kier alpha value is -3.81. The maximum absolute atomic E-state index is 13.5. The highest BCUT2D eigenvalue weighted by Gasteiger charge is 2.54. The van der Waals surface area contributed by atoms with E-state index >= 15 is 0 Å². The van der Waals surface area contributed by atoms with E-state index < -0.39 is 124 Å². The summed E-state index contributed by atoms with van der Waals surface area (Å²) in [7, 11) is 0. The van der Waals surface area contributed by atoms with Crippen molar-refractivity contribution in [2.45, 2.75) is 446 Å². The third-order valence-corrected chi connectivity index (χ3v) is 22.0. The molecule has 19 heteroatoms. The van der Waals surface area contributed by atoms with Crippen LogP contribution >= 0.6 is 0 Å². The van der Waals surface area contributed by atoms with Gasteiger partial charge in [-0.15, -0.1) is 0 Å². The Morgan fingerprint density at radius 2 is 0.614 bits per heavy atom. The van der Waals surface area contributed by atoms with Crippen LogP contribution in [-0.2, 0) is 33.2 Å². The highest BCUT2D eigenvalue weighted by atomic mass is 16.8. The largest absolute Gasteiger partial charge is 0.394 e. The summed E-state index contributed by atoms with van der Waals surface area (Å²) in [5, 5.41) is 121. The second-order valence-electron chi connectivity index (χ2n) is 32.0. The summed E-state index contributed by atoms with van der Waals surface area (Å²) in [4.78, 5) is 13.5. The van der Waals surface area contributed by atoms with Gasteiger partial charge in [-0.3, -0.25) is 4.79 Å². The van der Waals surface area contributed by atoms with Gasteiger partial charge in [0.1, 0.15) is 73.2 Å². The number of allylic oxidation sites excluding steroid dienone is 19. The van der Waals surface area contributed by atoms with Gasteiger partial charge in [0.05, 0.1) is 38.6 Å². The molecule has 3 aliphatic heterocycles. The fraction of sp³-hybridized carbons (Fsp3) is 0.779. The van der Waals surface area contributed by atoms with Crippen LogP contribution < -0.4 is 5.32 Å². The van der Waals surface area contributed by atoms with Crippen molar-refractivity contribution < 1.29 is 89.4 Å². The van der Waals surface area contributed by atoms with E-state index in [0.717, 1.165) is 103 Å². The molecule has 3 rings (SSSR count). The molecule has 3 heterocycles. The zero-order valence-corrected chi connectivity index (χ0v) is 71.0. The lowest BCUT2D eigenvalue weighted by Crippen LogP contribution is -2.66. The van der Waals surface area contributed by atoms with Crippen molar-refractivity contribution in [2.24, 2.45) is 0 Å². The minimum atomic E-state index is -1.99. The Balaban J connectivity index is 1.34. The van der Waals surface area contributed by atoms with Crippen LogP contribution in [0.1, 0.15) is 341 Å². The van der Waals surface area contributed by atoms with E-state index in [-0.39, 0.29) is 18.9 Å². The number of rotatable bonds is 73. The van der Waals surface area contributed by atoms with E-state index in [1.54, 1.807) is 6.08 Å². The highest BCUT2D eigenvalue weighted by Crippen LogP contribution is 2.33. The van der Waals surface area contributed by atoms with Crippen molar-refractivity contribution in [1.29, 1.82) is 0 Å². The molecule has 3 aliphatic rings. The Morgan fingerprint density at radius 1 is 0.325 bits per heavy atom. The Labute approximate surface area is 690 Å². The van der Waals surface area contributed by atoms with Crippen LogP contribution in [0.15, 0.2) is 122 Å². The lowest BCUT2D eigenvalue weighted by Gasteiger charge is -2.48. The van der Waals surface area contributed by atoms with Crippen molar-refractivity contribution in [1.82, 2.24) is 5.32 Å². The van der Waals surface area contributed by atoms with Gasteiger partial charge in [0.15, 0.2) is 18.9 Å². The maximum Gasteiger partial charge on any atom is 0.220 e. The van der Waals surface area contributed by atoms with Crippen molar-refractivity contribution in [2.75, 3.05) is 26.4 Å². The summed E-state index contributed by atoms with van der Waals surface area (Å²) in [5.41, 5.74) is 0. The average molecular weight is 1610 g/mol. The lowest BCUT2D eigenvalue weighted by molar-refractivity contribution is -0.379. The van der Waals surface area contributed by atoms with Crippen LogP contribution in [0.5, 0.6) is 0 Å². The van der Waals surface area contributed by atoms with Crippen molar-refractivity contribution in [3.8, 4) is 0 Å². The number of unbranched alkanes of at least 4 members (excludes halogenated alkanes) is 39. The molecule has 3 saturated heterocycles. The monoisotopic (exact) mass is 1610 g/mol. The third kappa shape index (κ3) is 51.0. The number of ether oxygens (including phenoxy) is 6. The molecule has 0 aromatic carbocycles. The van der Waals surface area contributed by atoms with Gasteiger partial charge in [-0.05, 0) is 103 Å². The topological polar surface area (TPSA) is 307 Å². The molecule has 0 bridgehead atoms. The van der Waals surface area contributed by atoms with E-state index in [9.17, 15) is 61.0 Å². The number of amides is 1. The summed E-state index contributed by atoms with van der Waals surface area (Å²) >= 11 is 0. The Morgan fingerprint density at radius 3 is 0.982 bits per heavy atom. The molecule has 12 N–H and O–H groups in total. The van der Waals surface area contributed by atoms with Gasteiger partial charge in [0.25, 0.3) is 0 Å². The molecule has 17 atom stereocenters. The van der Waals surface area contributed by atoms with Crippen LogP contribution in [0.3, 0.4) is 0 Å². The summed E-state index contributed by atoms with van der Waals surface area (Å²) < 4.78 is 34.5. The summed E-state index contributed by atoms with van der Waals surface area (Å²) in [6.07, 6.45) is 77.8. The van der Waals surface area contributed by atoms with Gasteiger partial charge < -0.3 is 89.9 Å². The minimum Gasteiger partial charge on any atom is -0.394 e. The molecular formula is C95H165NO18. The second-order valence-corrected chi connectivity index (χ2v) is 32.0. The predicted molar refractivity (Wildman–Crippen MR) is 461 cm³/mol. The number of hydrogen-bond donors (Lipinski definition) is 12. The number of aliphatic hydroxyl groups is 11. The first-order valence-electron chi connectivity index (χ1n) is 45.8. The zero-order chi connectivity index (χ0) is 82.4. The first-order chi connectivity index (χ1) is 55.8. The van der Waals surface area contributed by atoms with E-state index in [2.05, 4.69) is 129 Å². The molecule has 1 amide bonds. The normalized spacial score (nSPS) is 25.3. The maximum atomic E-state index is 13.5. The van der Waals surface area contributed by atoms with Crippen LogP contribution in [0, 0.1) is 0 Å². The smallest absolute Gasteiger partial charge is 0.220 e. The molecule has 114 heavy (non-hydrogen) atoms. The van der Waals surface area contributed by atoms with Gasteiger partial charge in [0.2, 0.25) is 5.91 Å². The number of hydrogen-bond acceptors (Lipinski definition) is 18. The average Bonchev–Trinajstić information content (AvgIpc) is 0.777. The molecule has 0 saturated carbocycles. The van der Waals surface area contributed by atoms with E-state index in [4.69, 9.17) is 28.4 Å². The first-order valence-corrected chi connectivity index (χ1v) is 45.8. The predicted octanol–water partition coefficient (Wildman–Crippen LogP) is 17.8. The zero-order valence-electron chi connectivity index (χ0n) is 71.0. The highest BCUT2D eigenvalue weighted by molar-refractivity contribution is 5.76. The van der Waals surface area contributed by atoms with Gasteiger partial charge in [-0.1, -0.05) is 354 Å². The first kappa shape index (κ1) is 104. The Bertz CT molecular complexity index is 2530.